The van der Waals surface area contributed by atoms with E-state index in [1.165, 1.54) is 0 Å². The zero-order valence-corrected chi connectivity index (χ0v) is 10.3. The number of halogens is 1. The van der Waals surface area contributed by atoms with Gasteiger partial charge in [0.05, 0.1) is 12.3 Å². The van der Waals surface area contributed by atoms with Crippen molar-refractivity contribution in [2.45, 2.75) is 0 Å². The van der Waals surface area contributed by atoms with Crippen molar-refractivity contribution in [2.75, 3.05) is 12.4 Å². The molecule has 0 saturated heterocycles. The van der Waals surface area contributed by atoms with Gasteiger partial charge in [-0.1, -0.05) is 60.7 Å². The Labute approximate surface area is 107 Å². The molecule has 2 rings (SSSR count). The highest BCUT2D eigenvalue weighted by molar-refractivity contribution is 6.18. The van der Waals surface area contributed by atoms with Crippen molar-refractivity contribution in [3.8, 4) is 0 Å². The summed E-state index contributed by atoms with van der Waals surface area (Å²) in [6, 6.07) is 20.4. The van der Waals surface area contributed by atoms with Crippen LogP contribution in [0, 0.1) is 0 Å². The van der Waals surface area contributed by atoms with Gasteiger partial charge in [0, 0.05) is 17.0 Å². The fourth-order valence-corrected chi connectivity index (χ4v) is 1.78. The van der Waals surface area contributed by atoms with Crippen molar-refractivity contribution in [1.82, 2.24) is 0 Å². The Morgan fingerprint density at radius 2 is 1.29 bits per heavy atom. The topological polar surface area (TPSA) is 12.4 Å². The van der Waals surface area contributed by atoms with Gasteiger partial charge in [-0.15, -0.1) is 11.6 Å². The maximum Gasteiger partial charge on any atom is 0.0719 e. The second kappa shape index (κ2) is 6.21. The van der Waals surface area contributed by atoms with Crippen LogP contribution in [-0.4, -0.2) is 18.1 Å². The largest absolute Gasteiger partial charge is 0.283 e. The first kappa shape index (κ1) is 11.9. The van der Waals surface area contributed by atoms with Gasteiger partial charge in [-0.3, -0.25) is 4.99 Å². The lowest BCUT2D eigenvalue weighted by atomic mass is 10.0. The SMILES string of the molecule is ClCCN=C(c1ccccc1)c1ccccc1. The highest BCUT2D eigenvalue weighted by atomic mass is 35.5. The zero-order valence-electron chi connectivity index (χ0n) is 9.51. The fraction of sp³-hybridized carbons (Fsp3) is 0.133. The minimum Gasteiger partial charge on any atom is -0.283 e. The van der Waals surface area contributed by atoms with Crippen LogP contribution in [0.3, 0.4) is 0 Å². The molecule has 0 bridgehead atoms. The third-order valence-corrected chi connectivity index (χ3v) is 2.62. The minimum absolute atomic E-state index is 0.545. The Hall–Kier alpha value is -1.60. The minimum atomic E-state index is 0.545. The number of hydrogen-bond donors (Lipinski definition) is 0. The van der Waals surface area contributed by atoms with E-state index in [2.05, 4.69) is 29.3 Å². The van der Waals surface area contributed by atoms with E-state index in [1.54, 1.807) is 0 Å². The Morgan fingerprint density at radius 1 is 0.824 bits per heavy atom. The first-order valence-electron chi connectivity index (χ1n) is 5.63. The average Bonchev–Trinajstić information content (AvgIpc) is 2.42. The third kappa shape index (κ3) is 3.18. The van der Waals surface area contributed by atoms with Gasteiger partial charge in [0.1, 0.15) is 0 Å². The molecule has 17 heavy (non-hydrogen) atoms. The van der Waals surface area contributed by atoms with Crippen molar-refractivity contribution < 1.29 is 0 Å². The smallest absolute Gasteiger partial charge is 0.0719 e. The van der Waals surface area contributed by atoms with Crippen molar-refractivity contribution in [3.05, 3.63) is 71.8 Å². The summed E-state index contributed by atoms with van der Waals surface area (Å²) in [5.74, 6) is 0.545. The standard InChI is InChI=1S/C15H14ClN/c16-11-12-17-15(13-7-3-1-4-8-13)14-9-5-2-6-10-14/h1-10H,11-12H2. The molecule has 0 radical (unpaired) electrons. The quantitative estimate of drug-likeness (QED) is 0.573. The predicted molar refractivity (Wildman–Crippen MR) is 74.1 cm³/mol. The first-order valence-corrected chi connectivity index (χ1v) is 6.16. The van der Waals surface area contributed by atoms with Crippen molar-refractivity contribution in [1.29, 1.82) is 0 Å². The van der Waals surface area contributed by atoms with Gasteiger partial charge in [-0.2, -0.15) is 0 Å². The number of aliphatic imine (C=N–C) groups is 1. The molecule has 0 unspecified atom stereocenters. The van der Waals surface area contributed by atoms with Crippen molar-refractivity contribution >= 4 is 17.3 Å². The van der Waals surface area contributed by atoms with Gasteiger partial charge in [0.25, 0.3) is 0 Å². The molecule has 0 amide bonds. The summed E-state index contributed by atoms with van der Waals surface area (Å²) < 4.78 is 0. The summed E-state index contributed by atoms with van der Waals surface area (Å²) in [6.45, 7) is 0.640. The van der Waals surface area contributed by atoms with E-state index in [-0.39, 0.29) is 0 Å². The lowest BCUT2D eigenvalue weighted by Gasteiger charge is -2.06. The van der Waals surface area contributed by atoms with Crippen molar-refractivity contribution in [3.63, 3.8) is 0 Å². The highest BCUT2D eigenvalue weighted by Gasteiger charge is 2.04. The Morgan fingerprint density at radius 3 is 1.71 bits per heavy atom. The van der Waals surface area contributed by atoms with E-state index in [1.807, 2.05) is 36.4 Å². The maximum absolute atomic E-state index is 5.71. The van der Waals surface area contributed by atoms with Crippen LogP contribution in [0.5, 0.6) is 0 Å². The molecule has 0 aliphatic rings. The van der Waals surface area contributed by atoms with E-state index in [0.29, 0.717) is 12.4 Å². The lowest BCUT2D eigenvalue weighted by molar-refractivity contribution is 1.14. The highest BCUT2D eigenvalue weighted by Crippen LogP contribution is 2.10. The number of alkyl halides is 1. The van der Waals surface area contributed by atoms with Gasteiger partial charge in [0.15, 0.2) is 0 Å². The molecule has 1 nitrogen and oxygen atoms in total. The van der Waals surface area contributed by atoms with Crippen LogP contribution in [0.25, 0.3) is 0 Å². The molecule has 0 heterocycles. The van der Waals surface area contributed by atoms with E-state index >= 15 is 0 Å². The van der Waals surface area contributed by atoms with E-state index < -0.39 is 0 Å². The number of hydrogen-bond acceptors (Lipinski definition) is 1. The van der Waals surface area contributed by atoms with Gasteiger partial charge in [-0.05, 0) is 0 Å². The predicted octanol–water partition coefficient (Wildman–Crippen LogP) is 3.76. The summed E-state index contributed by atoms with van der Waals surface area (Å²) in [6.07, 6.45) is 0. The fourth-order valence-electron chi connectivity index (χ4n) is 1.70. The maximum atomic E-state index is 5.71. The molecule has 0 aliphatic carbocycles. The summed E-state index contributed by atoms with van der Waals surface area (Å²) >= 11 is 5.71. The van der Waals surface area contributed by atoms with Crippen LogP contribution in [0.2, 0.25) is 0 Å². The molecule has 0 aromatic heterocycles. The Balaban J connectivity index is 2.40. The molecule has 0 saturated carbocycles. The lowest BCUT2D eigenvalue weighted by Crippen LogP contribution is -2.04. The average molecular weight is 244 g/mol. The molecule has 2 heteroatoms. The van der Waals surface area contributed by atoms with Gasteiger partial charge in [0.2, 0.25) is 0 Å². The molecule has 2 aromatic rings. The normalized spacial score (nSPS) is 9.94. The first-order chi connectivity index (χ1) is 8.42. The van der Waals surface area contributed by atoms with Crippen LogP contribution in [0.4, 0.5) is 0 Å². The molecule has 0 atom stereocenters. The molecule has 0 aliphatic heterocycles. The number of nitrogens with zero attached hydrogens (tertiary/aromatic N) is 1. The molecule has 0 N–H and O–H groups in total. The van der Waals surface area contributed by atoms with E-state index in [4.69, 9.17) is 11.6 Å². The molecule has 0 spiro atoms. The summed E-state index contributed by atoms with van der Waals surface area (Å²) in [5.41, 5.74) is 3.26. The molecular formula is C15H14ClN. The Kier molecular flexibility index (Phi) is 4.34. The summed E-state index contributed by atoms with van der Waals surface area (Å²) in [7, 11) is 0. The summed E-state index contributed by atoms with van der Waals surface area (Å²) in [5, 5.41) is 0. The molecule has 86 valence electrons. The van der Waals surface area contributed by atoms with Gasteiger partial charge < -0.3 is 0 Å². The van der Waals surface area contributed by atoms with Crippen LogP contribution in [0.1, 0.15) is 11.1 Å². The van der Waals surface area contributed by atoms with Crippen LogP contribution >= 0.6 is 11.6 Å². The van der Waals surface area contributed by atoms with E-state index in [9.17, 15) is 0 Å². The molecule has 2 aromatic carbocycles. The van der Waals surface area contributed by atoms with Crippen LogP contribution in [-0.2, 0) is 0 Å². The van der Waals surface area contributed by atoms with E-state index in [0.717, 1.165) is 16.8 Å². The van der Waals surface area contributed by atoms with Gasteiger partial charge >= 0.3 is 0 Å². The third-order valence-electron chi connectivity index (χ3n) is 2.45. The summed E-state index contributed by atoms with van der Waals surface area (Å²) in [4.78, 5) is 4.57. The van der Waals surface area contributed by atoms with Crippen molar-refractivity contribution in [2.24, 2.45) is 4.99 Å². The molecular weight excluding hydrogens is 230 g/mol. The molecule has 0 fully saturated rings. The number of rotatable bonds is 4. The zero-order chi connectivity index (χ0) is 11.9. The van der Waals surface area contributed by atoms with Crippen LogP contribution < -0.4 is 0 Å². The second-order valence-corrected chi connectivity index (χ2v) is 4.03. The Bertz CT molecular complexity index is 435. The monoisotopic (exact) mass is 243 g/mol. The van der Waals surface area contributed by atoms with Crippen LogP contribution in [0.15, 0.2) is 65.7 Å². The second-order valence-electron chi connectivity index (χ2n) is 3.65. The van der Waals surface area contributed by atoms with Gasteiger partial charge in [-0.25, -0.2) is 0 Å². The number of benzene rings is 2.